The molecule has 2 aliphatic heterocycles. The van der Waals surface area contributed by atoms with Crippen molar-refractivity contribution in [1.29, 1.82) is 5.41 Å². The smallest absolute Gasteiger partial charge is 0.176 e. The molecule has 0 radical (unpaired) electrons. The molecular weight excluding hydrogens is 378 g/mol. The highest BCUT2D eigenvalue weighted by Gasteiger charge is 2.44. The Kier molecular flexibility index (Phi) is 5.28. The van der Waals surface area contributed by atoms with Crippen molar-refractivity contribution in [2.45, 2.75) is 45.0 Å². The zero-order chi connectivity index (χ0) is 20.7. The van der Waals surface area contributed by atoms with Crippen LogP contribution in [0.15, 0.2) is 24.5 Å². The summed E-state index contributed by atoms with van der Waals surface area (Å²) in [5, 5.41) is 42.5. The van der Waals surface area contributed by atoms with Gasteiger partial charge in [-0.15, -0.1) is 0 Å². The Morgan fingerprint density at radius 1 is 1.31 bits per heavy atom. The number of rotatable bonds is 5. The topological polar surface area (TPSA) is 136 Å². The number of amidine groups is 1. The van der Waals surface area contributed by atoms with Crippen LogP contribution in [0.3, 0.4) is 0 Å². The van der Waals surface area contributed by atoms with E-state index in [1.54, 1.807) is 0 Å². The lowest BCUT2D eigenvalue weighted by Crippen LogP contribution is -2.41. The third-order valence-corrected chi connectivity index (χ3v) is 5.32. The predicted molar refractivity (Wildman–Crippen MR) is 103 cm³/mol. The number of anilines is 1. The lowest BCUT2D eigenvalue weighted by Gasteiger charge is -2.30. The van der Waals surface area contributed by atoms with Gasteiger partial charge in [-0.3, -0.25) is 14.8 Å². The number of aromatic nitrogens is 2. The first-order chi connectivity index (χ1) is 13.9. The standard InChI is InChI=1S/C19H25N5O5/c1-10-3-4-12(11(2)5-10)7-28-24-9-22-18-14(17(24)20)21-8-23(18)19-16(27)15(26)13(6-25)29-19/h3-5,8,13,15-16,19-20,22,25-27H,6-7,9H2,1-2H3/t13-,15-,16-,19-/m1/s1. The summed E-state index contributed by atoms with van der Waals surface area (Å²) in [5.74, 6) is 0.560. The number of aryl methyl sites for hydroxylation is 2. The van der Waals surface area contributed by atoms with E-state index in [-0.39, 0.29) is 12.5 Å². The number of aliphatic hydroxyl groups is 3. The van der Waals surface area contributed by atoms with Gasteiger partial charge in [0, 0.05) is 0 Å². The lowest BCUT2D eigenvalue weighted by molar-refractivity contribution is -0.108. The number of imidazole rings is 1. The van der Waals surface area contributed by atoms with Crippen LogP contribution in [-0.2, 0) is 16.2 Å². The van der Waals surface area contributed by atoms with Crippen LogP contribution in [0.1, 0.15) is 28.6 Å². The summed E-state index contributed by atoms with van der Waals surface area (Å²) in [6.45, 7) is 4.17. The average Bonchev–Trinajstić information content (AvgIpc) is 3.24. The van der Waals surface area contributed by atoms with Crippen molar-refractivity contribution in [3.8, 4) is 0 Å². The molecule has 1 aromatic heterocycles. The summed E-state index contributed by atoms with van der Waals surface area (Å²) < 4.78 is 7.08. The summed E-state index contributed by atoms with van der Waals surface area (Å²) in [4.78, 5) is 10.1. The van der Waals surface area contributed by atoms with Crippen LogP contribution in [0.25, 0.3) is 0 Å². The van der Waals surface area contributed by atoms with Crippen molar-refractivity contribution < 1.29 is 24.9 Å². The molecule has 0 saturated carbocycles. The molecule has 29 heavy (non-hydrogen) atoms. The average molecular weight is 403 g/mol. The van der Waals surface area contributed by atoms with Crippen molar-refractivity contribution >= 4 is 11.7 Å². The second kappa shape index (κ2) is 7.73. The molecule has 1 fully saturated rings. The van der Waals surface area contributed by atoms with Crippen molar-refractivity contribution in [2.24, 2.45) is 0 Å². The van der Waals surface area contributed by atoms with Gasteiger partial charge in [-0.1, -0.05) is 23.8 Å². The second-order valence-corrected chi connectivity index (χ2v) is 7.34. The summed E-state index contributed by atoms with van der Waals surface area (Å²) in [6, 6.07) is 6.11. The van der Waals surface area contributed by atoms with E-state index in [2.05, 4.69) is 16.4 Å². The number of nitrogens with zero attached hydrogens (tertiary/aromatic N) is 3. The maximum absolute atomic E-state index is 10.3. The molecule has 1 aromatic carbocycles. The molecule has 4 atom stereocenters. The molecule has 4 rings (SSSR count). The third kappa shape index (κ3) is 3.49. The van der Waals surface area contributed by atoms with Gasteiger partial charge in [-0.25, -0.2) is 10.0 Å². The number of nitrogens with one attached hydrogen (secondary N) is 2. The maximum atomic E-state index is 10.3. The van der Waals surface area contributed by atoms with Gasteiger partial charge in [0.15, 0.2) is 12.1 Å². The Bertz CT molecular complexity index is 916. The molecule has 2 aliphatic rings. The Labute approximate surface area is 167 Å². The van der Waals surface area contributed by atoms with Crippen molar-refractivity contribution in [3.63, 3.8) is 0 Å². The van der Waals surface area contributed by atoms with Crippen LogP contribution >= 0.6 is 0 Å². The Morgan fingerprint density at radius 2 is 2.10 bits per heavy atom. The zero-order valence-electron chi connectivity index (χ0n) is 16.2. The van der Waals surface area contributed by atoms with Crippen LogP contribution in [-0.4, -0.2) is 67.4 Å². The molecule has 0 spiro atoms. The van der Waals surface area contributed by atoms with Crippen LogP contribution in [0.2, 0.25) is 0 Å². The lowest BCUT2D eigenvalue weighted by atomic mass is 10.1. The van der Waals surface area contributed by atoms with E-state index in [9.17, 15) is 15.3 Å². The number of hydrogen-bond donors (Lipinski definition) is 5. The highest BCUT2D eigenvalue weighted by Crippen LogP contribution is 2.34. The van der Waals surface area contributed by atoms with Gasteiger partial charge in [-0.05, 0) is 25.0 Å². The van der Waals surface area contributed by atoms with Gasteiger partial charge in [-0.2, -0.15) is 0 Å². The Hall–Kier alpha value is -2.50. The summed E-state index contributed by atoms with van der Waals surface area (Å²) in [7, 11) is 0. The van der Waals surface area contributed by atoms with Crippen molar-refractivity contribution in [3.05, 3.63) is 46.9 Å². The van der Waals surface area contributed by atoms with Gasteiger partial charge in [0.05, 0.1) is 12.9 Å². The quantitative estimate of drug-likeness (QED) is 0.479. The summed E-state index contributed by atoms with van der Waals surface area (Å²) in [6.07, 6.45) is -2.79. The third-order valence-electron chi connectivity index (χ3n) is 5.32. The minimum Gasteiger partial charge on any atom is -0.394 e. The normalized spacial score (nSPS) is 26.5. The monoisotopic (exact) mass is 403 g/mol. The first kappa shape index (κ1) is 19.8. The summed E-state index contributed by atoms with van der Waals surface area (Å²) >= 11 is 0. The number of aliphatic hydroxyl groups excluding tert-OH is 3. The highest BCUT2D eigenvalue weighted by atomic mass is 16.7. The molecule has 156 valence electrons. The van der Waals surface area contributed by atoms with Crippen molar-refractivity contribution in [2.75, 3.05) is 18.6 Å². The van der Waals surface area contributed by atoms with Crippen molar-refractivity contribution in [1.82, 2.24) is 14.6 Å². The Balaban J connectivity index is 1.48. The van der Waals surface area contributed by atoms with E-state index in [4.69, 9.17) is 15.0 Å². The fraction of sp³-hybridized carbons (Fsp3) is 0.474. The first-order valence-electron chi connectivity index (χ1n) is 9.39. The largest absolute Gasteiger partial charge is 0.394 e. The summed E-state index contributed by atoms with van der Waals surface area (Å²) in [5.41, 5.74) is 3.68. The van der Waals surface area contributed by atoms with Crippen LogP contribution < -0.4 is 5.32 Å². The van der Waals surface area contributed by atoms with E-state index in [0.29, 0.717) is 18.1 Å². The van der Waals surface area contributed by atoms with Crippen LogP contribution in [0.4, 0.5) is 5.82 Å². The van der Waals surface area contributed by atoms with Gasteiger partial charge in [0.25, 0.3) is 0 Å². The molecule has 0 amide bonds. The molecule has 10 heteroatoms. The molecule has 0 bridgehead atoms. The van der Waals surface area contributed by atoms with E-state index < -0.39 is 31.1 Å². The van der Waals surface area contributed by atoms with Crippen LogP contribution in [0.5, 0.6) is 0 Å². The fourth-order valence-electron chi connectivity index (χ4n) is 3.62. The van der Waals surface area contributed by atoms with E-state index in [1.165, 1.54) is 21.5 Å². The molecule has 1 saturated heterocycles. The number of fused-ring (bicyclic) bond motifs is 1. The Morgan fingerprint density at radius 3 is 2.79 bits per heavy atom. The SMILES string of the molecule is Cc1ccc(CON2CNc3c(ncn3[C@@H]3O[C@H](CO)[C@@H](O)[C@H]3O)C2=N)c(C)c1. The minimum absolute atomic E-state index is 0.0778. The molecule has 2 aromatic rings. The van der Waals surface area contributed by atoms with E-state index >= 15 is 0 Å². The van der Waals surface area contributed by atoms with E-state index in [1.807, 2.05) is 26.0 Å². The molecule has 0 aliphatic carbocycles. The van der Waals surface area contributed by atoms with Crippen LogP contribution in [0, 0.1) is 19.3 Å². The molecule has 0 unspecified atom stereocenters. The second-order valence-electron chi connectivity index (χ2n) is 7.34. The van der Waals surface area contributed by atoms with Gasteiger partial charge in [0.2, 0.25) is 0 Å². The fourth-order valence-corrected chi connectivity index (χ4v) is 3.62. The van der Waals surface area contributed by atoms with Gasteiger partial charge >= 0.3 is 0 Å². The van der Waals surface area contributed by atoms with Gasteiger partial charge in [0.1, 0.15) is 43.1 Å². The maximum Gasteiger partial charge on any atom is 0.176 e. The number of hydrogen-bond acceptors (Lipinski definition) is 8. The number of benzene rings is 1. The minimum atomic E-state index is -1.22. The highest BCUT2D eigenvalue weighted by molar-refractivity contribution is 5.99. The molecule has 10 nitrogen and oxygen atoms in total. The molecule has 3 heterocycles. The first-order valence-corrected chi connectivity index (χ1v) is 9.39. The van der Waals surface area contributed by atoms with E-state index in [0.717, 1.165) is 11.1 Å². The number of hydroxylamine groups is 2. The molecule has 5 N–H and O–H groups in total. The predicted octanol–water partition coefficient (Wildman–Crippen LogP) is 0.254. The molecular formula is C19H25N5O5. The van der Waals surface area contributed by atoms with Gasteiger partial charge < -0.3 is 25.4 Å². The zero-order valence-corrected chi connectivity index (χ0v) is 16.2. The number of ether oxygens (including phenoxy) is 1.